The fourth-order valence-electron chi connectivity index (χ4n) is 7.37. The molecule has 2 aliphatic heterocycles. The maximum absolute atomic E-state index is 14.1. The lowest BCUT2D eigenvalue weighted by Gasteiger charge is -2.31. The minimum absolute atomic E-state index is 0.00378. The second-order valence-corrected chi connectivity index (χ2v) is 15.8. The molecule has 11 nitrogen and oxygen atoms in total. The lowest BCUT2D eigenvalue weighted by Crippen LogP contribution is -2.56. The highest BCUT2D eigenvalue weighted by Crippen LogP contribution is 2.46. The van der Waals surface area contributed by atoms with Crippen molar-refractivity contribution in [2.24, 2.45) is 17.3 Å². The number of hydrogen-bond acceptors (Lipinski definition) is 7. The van der Waals surface area contributed by atoms with Crippen molar-refractivity contribution in [2.45, 2.75) is 103 Å². The van der Waals surface area contributed by atoms with Gasteiger partial charge in [-0.25, -0.2) is 10.3 Å². The molecule has 0 unspecified atom stereocenters. The molecule has 1 saturated heterocycles. The van der Waals surface area contributed by atoms with Gasteiger partial charge >= 0.3 is 12.3 Å². The Kier molecular flexibility index (Phi) is 10.5. The Labute approximate surface area is 305 Å². The highest BCUT2D eigenvalue weighted by Gasteiger charge is 2.61. The van der Waals surface area contributed by atoms with Gasteiger partial charge in [-0.05, 0) is 77.8 Å². The van der Waals surface area contributed by atoms with Gasteiger partial charge in [-0.2, -0.15) is 13.2 Å². The molecule has 6 rings (SSSR count). The van der Waals surface area contributed by atoms with E-state index in [0.717, 1.165) is 36.1 Å². The summed E-state index contributed by atoms with van der Waals surface area (Å²) >= 11 is 6.34. The van der Waals surface area contributed by atoms with Crippen LogP contribution >= 0.6 is 11.6 Å². The number of hydrogen-bond donors (Lipinski definition) is 3. The van der Waals surface area contributed by atoms with E-state index in [0.29, 0.717) is 42.5 Å². The summed E-state index contributed by atoms with van der Waals surface area (Å²) in [6.45, 7) is 6.39. The molecule has 2 aromatic carbocycles. The van der Waals surface area contributed by atoms with Crippen LogP contribution < -0.4 is 16.5 Å². The minimum Gasteiger partial charge on any atom is -0.444 e. The molecule has 4 atom stereocenters. The SMILES string of the molecule is CC[C@@H]1C[C@]1(NC(=O)[C@@H]1C[C@@H](OC(=O)N2Cc3cccc(Cl)c3C2)CN1C(=O)CC(C)(C)Cc1ccc(C(F)(F)F)cc1N)C(=O)NOCC1CC1. The smallest absolute Gasteiger partial charge is 0.416 e. The van der Waals surface area contributed by atoms with Crippen molar-refractivity contribution in [1.82, 2.24) is 20.6 Å². The van der Waals surface area contributed by atoms with Crippen molar-refractivity contribution in [3.8, 4) is 0 Å². The van der Waals surface area contributed by atoms with E-state index >= 15 is 0 Å². The molecule has 3 fully saturated rings. The predicted molar refractivity (Wildman–Crippen MR) is 185 cm³/mol. The monoisotopic (exact) mass is 747 g/mol. The van der Waals surface area contributed by atoms with E-state index in [1.165, 1.54) is 15.9 Å². The van der Waals surface area contributed by atoms with Crippen molar-refractivity contribution < 1.29 is 41.9 Å². The maximum atomic E-state index is 14.1. The topological polar surface area (TPSA) is 143 Å². The van der Waals surface area contributed by atoms with Crippen LogP contribution in [0, 0.1) is 17.3 Å². The van der Waals surface area contributed by atoms with Crippen molar-refractivity contribution in [2.75, 3.05) is 18.9 Å². The average molecular weight is 748 g/mol. The molecule has 4 N–H and O–H groups in total. The molecule has 52 heavy (non-hydrogen) atoms. The van der Waals surface area contributed by atoms with E-state index in [9.17, 15) is 32.3 Å². The van der Waals surface area contributed by atoms with Gasteiger partial charge in [0.25, 0.3) is 5.91 Å². The van der Waals surface area contributed by atoms with Gasteiger partial charge in [0.2, 0.25) is 11.8 Å². The number of hydroxylamine groups is 1. The van der Waals surface area contributed by atoms with E-state index in [2.05, 4.69) is 10.8 Å². The number of benzene rings is 2. The van der Waals surface area contributed by atoms with Gasteiger partial charge in [-0.1, -0.05) is 57.0 Å². The van der Waals surface area contributed by atoms with Crippen LogP contribution in [0.2, 0.25) is 5.02 Å². The zero-order valence-corrected chi connectivity index (χ0v) is 30.2. The third-order valence-corrected chi connectivity index (χ3v) is 11.0. The molecule has 2 heterocycles. The standard InChI is InChI=1S/C37H45ClF3N5O6/c1-4-24-15-36(24,33(49)44-51-20-21-8-9-21)43-32(48)30-13-26(52-34(50)45-17-23-6-5-7-28(38)27(23)19-45)18-46(30)31(47)16-35(2,3)14-22-10-11-25(12-29(22)42)37(39,40)41/h5-7,10-12,21,24,26,30H,4,8-9,13-20,42H2,1-3H3,(H,43,48)(H,44,49)/t24-,26-,30+,36-/m1/s1. The lowest BCUT2D eigenvalue weighted by atomic mass is 9.81. The number of nitrogens with two attached hydrogens (primary N) is 1. The first-order valence-corrected chi connectivity index (χ1v) is 18.1. The quantitative estimate of drug-likeness (QED) is 0.185. The molecule has 2 aliphatic carbocycles. The maximum Gasteiger partial charge on any atom is 0.416 e. The lowest BCUT2D eigenvalue weighted by molar-refractivity contribution is -0.143. The number of nitrogens with one attached hydrogen (secondary N) is 2. The van der Waals surface area contributed by atoms with E-state index in [-0.39, 0.29) is 44.0 Å². The Balaban J connectivity index is 1.16. The molecular formula is C37H45ClF3N5O6. The van der Waals surface area contributed by atoms with Crippen LogP contribution in [-0.4, -0.2) is 64.5 Å². The largest absolute Gasteiger partial charge is 0.444 e. The number of anilines is 1. The second-order valence-electron chi connectivity index (χ2n) is 15.4. The second kappa shape index (κ2) is 14.4. The first-order valence-electron chi connectivity index (χ1n) is 17.7. The van der Waals surface area contributed by atoms with Crippen LogP contribution in [-0.2, 0) is 49.6 Å². The molecule has 0 radical (unpaired) electrons. The zero-order valence-electron chi connectivity index (χ0n) is 29.5. The Bertz CT molecular complexity index is 1740. The van der Waals surface area contributed by atoms with Crippen LogP contribution in [0.5, 0.6) is 0 Å². The highest BCUT2D eigenvalue weighted by atomic mass is 35.5. The number of carbonyl (C=O) groups excluding carboxylic acids is 4. The summed E-state index contributed by atoms with van der Waals surface area (Å²) < 4.78 is 45.6. The summed E-state index contributed by atoms with van der Waals surface area (Å²) in [6, 6.07) is 7.54. The van der Waals surface area contributed by atoms with Crippen molar-refractivity contribution in [1.29, 1.82) is 0 Å². The summed E-state index contributed by atoms with van der Waals surface area (Å²) in [6.07, 6.45) is -2.75. The number of nitrogen functional groups attached to an aromatic ring is 1. The summed E-state index contributed by atoms with van der Waals surface area (Å²) in [5, 5.41) is 3.47. The number of amides is 4. The average Bonchev–Trinajstić information content (AvgIpc) is 3.93. The summed E-state index contributed by atoms with van der Waals surface area (Å²) in [4.78, 5) is 63.1. The van der Waals surface area contributed by atoms with E-state index in [1.807, 2.05) is 19.1 Å². The number of ether oxygens (including phenoxy) is 1. The van der Waals surface area contributed by atoms with Gasteiger partial charge < -0.3 is 20.7 Å². The molecule has 2 saturated carbocycles. The molecule has 2 aromatic rings. The molecule has 4 aliphatic rings. The van der Waals surface area contributed by atoms with Gasteiger partial charge in [-0.15, -0.1) is 0 Å². The Morgan fingerprint density at radius 3 is 2.48 bits per heavy atom. The fraction of sp³-hybridized carbons (Fsp3) is 0.568. The van der Waals surface area contributed by atoms with Gasteiger partial charge in [0.15, 0.2) is 0 Å². The fourth-order valence-corrected chi connectivity index (χ4v) is 7.62. The molecule has 0 aromatic heterocycles. The molecule has 0 spiro atoms. The normalized spacial score (nSPS) is 24.0. The summed E-state index contributed by atoms with van der Waals surface area (Å²) in [7, 11) is 0. The number of fused-ring (bicyclic) bond motifs is 1. The first kappa shape index (κ1) is 37.7. The summed E-state index contributed by atoms with van der Waals surface area (Å²) in [5.74, 6) is -1.13. The van der Waals surface area contributed by atoms with E-state index in [1.54, 1.807) is 19.9 Å². The minimum atomic E-state index is -4.55. The number of nitrogens with zero attached hydrogens (tertiary/aromatic N) is 2. The molecule has 15 heteroatoms. The van der Waals surface area contributed by atoms with Crippen LogP contribution in [0.3, 0.4) is 0 Å². The molecule has 4 amide bonds. The third kappa shape index (κ3) is 8.27. The van der Waals surface area contributed by atoms with E-state index in [4.69, 9.17) is 26.9 Å². The number of rotatable bonds is 12. The van der Waals surface area contributed by atoms with Gasteiger partial charge in [0.1, 0.15) is 17.7 Å². The van der Waals surface area contributed by atoms with Crippen molar-refractivity contribution in [3.05, 3.63) is 63.7 Å². The zero-order chi connectivity index (χ0) is 37.6. The molecule has 282 valence electrons. The van der Waals surface area contributed by atoms with Crippen LogP contribution in [0.15, 0.2) is 36.4 Å². The third-order valence-electron chi connectivity index (χ3n) is 10.6. The van der Waals surface area contributed by atoms with Crippen LogP contribution in [0.25, 0.3) is 0 Å². The van der Waals surface area contributed by atoms with Gasteiger partial charge in [-0.3, -0.25) is 24.1 Å². The number of alkyl halides is 3. The number of likely N-dealkylation sites (tertiary alicyclic amines) is 1. The predicted octanol–water partition coefficient (Wildman–Crippen LogP) is 5.76. The number of carbonyl (C=O) groups is 4. The number of halogens is 4. The van der Waals surface area contributed by atoms with Gasteiger partial charge in [0, 0.05) is 30.1 Å². The Hall–Kier alpha value is -4.04. The molecular weight excluding hydrogens is 703 g/mol. The van der Waals surface area contributed by atoms with Crippen LogP contribution in [0.4, 0.5) is 23.7 Å². The van der Waals surface area contributed by atoms with Crippen LogP contribution in [0.1, 0.15) is 81.5 Å². The Morgan fingerprint density at radius 1 is 1.10 bits per heavy atom. The highest BCUT2D eigenvalue weighted by molar-refractivity contribution is 6.31. The van der Waals surface area contributed by atoms with Crippen molar-refractivity contribution in [3.63, 3.8) is 0 Å². The molecule has 0 bridgehead atoms. The summed E-state index contributed by atoms with van der Waals surface area (Å²) in [5.41, 5.74) is 7.82. The first-order chi connectivity index (χ1) is 24.5. The van der Waals surface area contributed by atoms with E-state index < -0.39 is 58.7 Å². The van der Waals surface area contributed by atoms with Crippen molar-refractivity contribution >= 4 is 41.1 Å². The Morgan fingerprint density at radius 2 is 1.85 bits per heavy atom. The van der Waals surface area contributed by atoms with Gasteiger partial charge in [0.05, 0.1) is 25.3 Å².